The average molecular weight is 253 g/mol. The van der Waals surface area contributed by atoms with Gasteiger partial charge in [-0.05, 0) is 32.1 Å². The van der Waals surface area contributed by atoms with Crippen LogP contribution in [0.3, 0.4) is 0 Å². The lowest BCUT2D eigenvalue weighted by molar-refractivity contribution is -0.0564. The Balaban J connectivity index is 1.78. The zero-order valence-electron chi connectivity index (χ0n) is 12.2. The van der Waals surface area contributed by atoms with Crippen molar-refractivity contribution in [3.63, 3.8) is 0 Å². The van der Waals surface area contributed by atoms with E-state index in [2.05, 4.69) is 12.2 Å². The number of unbranched alkanes of at least 4 members (excludes halogenated alkanes) is 2. The first kappa shape index (κ1) is 14.3. The Bertz CT molecular complexity index is 217. The molecule has 2 saturated carbocycles. The van der Waals surface area contributed by atoms with Gasteiger partial charge in [-0.25, -0.2) is 0 Å². The first-order chi connectivity index (χ1) is 8.85. The van der Waals surface area contributed by atoms with Crippen molar-refractivity contribution in [1.29, 1.82) is 0 Å². The molecule has 0 heterocycles. The van der Waals surface area contributed by atoms with Gasteiger partial charge in [-0.15, -0.1) is 0 Å². The molecule has 106 valence electrons. The summed E-state index contributed by atoms with van der Waals surface area (Å²) < 4.78 is 6.37. The van der Waals surface area contributed by atoms with E-state index >= 15 is 0 Å². The van der Waals surface area contributed by atoms with Gasteiger partial charge in [0.25, 0.3) is 0 Å². The molecule has 0 aromatic rings. The molecular formula is C16H31NO. The maximum atomic E-state index is 6.37. The molecule has 2 heteroatoms. The van der Waals surface area contributed by atoms with Gasteiger partial charge in [-0.2, -0.15) is 0 Å². The van der Waals surface area contributed by atoms with E-state index in [1.807, 2.05) is 0 Å². The van der Waals surface area contributed by atoms with Crippen LogP contribution >= 0.6 is 0 Å². The summed E-state index contributed by atoms with van der Waals surface area (Å²) in [5, 5.41) is 3.71. The highest BCUT2D eigenvalue weighted by atomic mass is 16.5. The lowest BCUT2D eigenvalue weighted by Crippen LogP contribution is -2.43. The molecule has 2 aliphatic carbocycles. The minimum atomic E-state index is 0.173. The van der Waals surface area contributed by atoms with Gasteiger partial charge in [-0.1, -0.05) is 45.4 Å². The predicted molar refractivity (Wildman–Crippen MR) is 76.9 cm³/mol. The van der Waals surface area contributed by atoms with Gasteiger partial charge < -0.3 is 10.1 Å². The van der Waals surface area contributed by atoms with Gasteiger partial charge in [-0.3, -0.25) is 0 Å². The summed E-state index contributed by atoms with van der Waals surface area (Å²) in [4.78, 5) is 0. The third kappa shape index (κ3) is 4.89. The third-order valence-corrected chi connectivity index (χ3v) is 4.46. The minimum absolute atomic E-state index is 0.173. The van der Waals surface area contributed by atoms with Crippen molar-refractivity contribution in [3.05, 3.63) is 0 Å². The Hall–Kier alpha value is -0.0800. The van der Waals surface area contributed by atoms with E-state index in [0.29, 0.717) is 0 Å². The second kappa shape index (κ2) is 7.49. The molecule has 1 N–H and O–H groups in total. The summed E-state index contributed by atoms with van der Waals surface area (Å²) in [5.41, 5.74) is 0.173. The summed E-state index contributed by atoms with van der Waals surface area (Å²) in [6, 6.07) is 0.810. The Labute approximate surface area is 113 Å². The van der Waals surface area contributed by atoms with Crippen LogP contribution in [0.1, 0.15) is 77.6 Å². The molecule has 0 aromatic carbocycles. The normalized spacial score (nSPS) is 23.8. The number of nitrogens with one attached hydrogen (secondary N) is 1. The van der Waals surface area contributed by atoms with Gasteiger partial charge >= 0.3 is 0 Å². The molecule has 2 rings (SSSR count). The highest BCUT2D eigenvalue weighted by Crippen LogP contribution is 2.31. The van der Waals surface area contributed by atoms with Gasteiger partial charge in [0.1, 0.15) is 0 Å². The molecule has 2 fully saturated rings. The van der Waals surface area contributed by atoms with Gasteiger partial charge in [0.2, 0.25) is 0 Å². The first-order valence-electron chi connectivity index (χ1n) is 8.22. The van der Waals surface area contributed by atoms with Crippen LogP contribution < -0.4 is 5.32 Å². The quantitative estimate of drug-likeness (QED) is 0.521. The molecule has 0 bridgehead atoms. The summed E-state index contributed by atoms with van der Waals surface area (Å²) >= 11 is 0. The van der Waals surface area contributed by atoms with E-state index < -0.39 is 0 Å². The maximum Gasteiger partial charge on any atom is 0.0806 e. The van der Waals surface area contributed by atoms with E-state index in [1.54, 1.807) is 0 Å². The fourth-order valence-electron chi connectivity index (χ4n) is 3.00. The Morgan fingerprint density at radius 3 is 2.39 bits per heavy atom. The average Bonchev–Trinajstić information content (AvgIpc) is 3.20. The standard InChI is InChI=1S/C16H31NO/c1-2-3-8-13-18-16(14-17-15-9-10-15)11-6-4-5-7-12-16/h15,17H,2-14H2,1H3. The monoisotopic (exact) mass is 253 g/mol. The molecule has 0 saturated heterocycles. The molecule has 0 spiro atoms. The van der Waals surface area contributed by atoms with Crippen LogP contribution in [0.15, 0.2) is 0 Å². The third-order valence-electron chi connectivity index (χ3n) is 4.46. The first-order valence-corrected chi connectivity index (χ1v) is 8.22. The molecule has 0 unspecified atom stereocenters. The van der Waals surface area contributed by atoms with Crippen molar-refractivity contribution in [2.45, 2.75) is 89.2 Å². The van der Waals surface area contributed by atoms with Crippen molar-refractivity contribution >= 4 is 0 Å². The van der Waals surface area contributed by atoms with E-state index in [4.69, 9.17) is 4.74 Å². The molecule has 0 amide bonds. The molecular weight excluding hydrogens is 222 g/mol. The van der Waals surface area contributed by atoms with Crippen molar-refractivity contribution in [2.75, 3.05) is 13.2 Å². The SMILES string of the molecule is CCCCCOC1(CNC2CC2)CCCCCC1. The fourth-order valence-corrected chi connectivity index (χ4v) is 3.00. The predicted octanol–water partition coefficient (Wildman–Crippen LogP) is 4.04. The molecule has 0 aliphatic heterocycles. The van der Waals surface area contributed by atoms with Crippen LogP contribution in [0.25, 0.3) is 0 Å². The number of hydrogen-bond acceptors (Lipinski definition) is 2. The molecule has 0 atom stereocenters. The number of hydrogen-bond donors (Lipinski definition) is 1. The Morgan fingerprint density at radius 2 is 1.78 bits per heavy atom. The van der Waals surface area contributed by atoms with Crippen molar-refractivity contribution < 1.29 is 4.74 Å². The Morgan fingerprint density at radius 1 is 1.06 bits per heavy atom. The highest BCUT2D eigenvalue weighted by Gasteiger charge is 2.33. The second-order valence-corrected chi connectivity index (χ2v) is 6.31. The van der Waals surface area contributed by atoms with Gasteiger partial charge in [0.05, 0.1) is 5.60 Å². The van der Waals surface area contributed by atoms with E-state index in [0.717, 1.165) is 19.2 Å². The minimum Gasteiger partial charge on any atom is -0.374 e. The van der Waals surface area contributed by atoms with E-state index in [9.17, 15) is 0 Å². The summed E-state index contributed by atoms with van der Waals surface area (Å²) in [7, 11) is 0. The maximum absolute atomic E-state index is 6.37. The highest BCUT2D eigenvalue weighted by molar-refractivity contribution is 4.90. The molecule has 0 aromatic heterocycles. The molecule has 0 radical (unpaired) electrons. The largest absolute Gasteiger partial charge is 0.374 e. The van der Waals surface area contributed by atoms with Crippen LogP contribution in [-0.4, -0.2) is 24.8 Å². The van der Waals surface area contributed by atoms with Crippen molar-refractivity contribution in [2.24, 2.45) is 0 Å². The molecule has 2 nitrogen and oxygen atoms in total. The smallest absolute Gasteiger partial charge is 0.0806 e. The second-order valence-electron chi connectivity index (χ2n) is 6.31. The lowest BCUT2D eigenvalue weighted by atomic mass is 9.94. The van der Waals surface area contributed by atoms with Crippen LogP contribution in [0.4, 0.5) is 0 Å². The van der Waals surface area contributed by atoms with Crippen molar-refractivity contribution in [3.8, 4) is 0 Å². The topological polar surface area (TPSA) is 21.3 Å². The fraction of sp³-hybridized carbons (Fsp3) is 1.00. The van der Waals surface area contributed by atoms with E-state index in [1.165, 1.54) is 70.6 Å². The van der Waals surface area contributed by atoms with E-state index in [-0.39, 0.29) is 5.60 Å². The van der Waals surface area contributed by atoms with Crippen LogP contribution in [0.5, 0.6) is 0 Å². The zero-order valence-corrected chi connectivity index (χ0v) is 12.2. The summed E-state index contributed by atoms with van der Waals surface area (Å²) in [6.07, 6.45) is 14.7. The van der Waals surface area contributed by atoms with Crippen molar-refractivity contribution in [1.82, 2.24) is 5.32 Å². The number of ether oxygens (including phenoxy) is 1. The Kier molecular flexibility index (Phi) is 5.97. The summed E-state index contributed by atoms with van der Waals surface area (Å²) in [6.45, 7) is 4.33. The van der Waals surface area contributed by atoms with Gasteiger partial charge in [0, 0.05) is 19.2 Å². The molecule has 2 aliphatic rings. The van der Waals surface area contributed by atoms with Gasteiger partial charge in [0.15, 0.2) is 0 Å². The van der Waals surface area contributed by atoms with Crippen LogP contribution in [-0.2, 0) is 4.74 Å². The zero-order chi connectivity index (χ0) is 12.7. The molecule has 18 heavy (non-hydrogen) atoms. The number of rotatable bonds is 8. The van der Waals surface area contributed by atoms with Crippen LogP contribution in [0.2, 0.25) is 0 Å². The van der Waals surface area contributed by atoms with Crippen LogP contribution in [0, 0.1) is 0 Å². The lowest BCUT2D eigenvalue weighted by Gasteiger charge is -2.33. The summed E-state index contributed by atoms with van der Waals surface area (Å²) in [5.74, 6) is 0.